The van der Waals surface area contributed by atoms with E-state index in [0.717, 1.165) is 22.0 Å². The first-order valence-corrected chi connectivity index (χ1v) is 9.43. The lowest BCUT2D eigenvalue weighted by molar-refractivity contribution is 0.796. The number of nitrogens with zero attached hydrogens (tertiary/aromatic N) is 1. The van der Waals surface area contributed by atoms with Crippen molar-refractivity contribution in [1.82, 2.24) is 4.57 Å². The molecule has 4 rings (SSSR count). The molecule has 27 heavy (non-hydrogen) atoms. The minimum absolute atomic E-state index is 0.0684. The van der Waals surface area contributed by atoms with Crippen molar-refractivity contribution in [2.24, 2.45) is 0 Å². The molecule has 0 saturated carbocycles. The molecule has 0 fully saturated rings. The predicted octanol–water partition coefficient (Wildman–Crippen LogP) is 6.33. The summed E-state index contributed by atoms with van der Waals surface area (Å²) in [5.74, 6) is 0. The highest BCUT2D eigenvalue weighted by molar-refractivity contribution is 6.36. The van der Waals surface area contributed by atoms with E-state index in [1.807, 2.05) is 66.1 Å². The summed E-state index contributed by atoms with van der Waals surface area (Å²) in [7, 11) is 0. The maximum Gasteiger partial charge on any atom is 0.259 e. The van der Waals surface area contributed by atoms with Crippen LogP contribution in [0, 0.1) is 6.92 Å². The van der Waals surface area contributed by atoms with E-state index in [2.05, 4.69) is 0 Å². The number of aromatic nitrogens is 1. The van der Waals surface area contributed by atoms with E-state index < -0.39 is 0 Å². The van der Waals surface area contributed by atoms with Crippen LogP contribution in [-0.2, 0) is 6.54 Å². The molecule has 4 aromatic rings. The zero-order chi connectivity index (χ0) is 19.0. The molecule has 0 saturated heterocycles. The highest BCUT2D eigenvalue weighted by atomic mass is 35.5. The molecule has 0 aliphatic carbocycles. The topological polar surface area (TPSA) is 22.0 Å². The second-order valence-corrected chi connectivity index (χ2v) is 7.41. The van der Waals surface area contributed by atoms with E-state index in [1.165, 1.54) is 0 Å². The fourth-order valence-corrected chi connectivity index (χ4v) is 3.88. The first kappa shape index (κ1) is 17.8. The highest BCUT2D eigenvalue weighted by Crippen LogP contribution is 2.31. The Morgan fingerprint density at radius 1 is 0.852 bits per heavy atom. The molecule has 0 amide bonds. The van der Waals surface area contributed by atoms with Gasteiger partial charge in [-0.25, -0.2) is 0 Å². The minimum atomic E-state index is -0.0684. The van der Waals surface area contributed by atoms with Crippen molar-refractivity contribution in [2.45, 2.75) is 13.5 Å². The van der Waals surface area contributed by atoms with E-state index in [0.29, 0.717) is 27.7 Å². The maximum absolute atomic E-state index is 13.4. The van der Waals surface area contributed by atoms with E-state index in [-0.39, 0.29) is 5.56 Å². The average Bonchev–Trinajstić information content (AvgIpc) is 2.66. The Labute approximate surface area is 167 Å². The summed E-state index contributed by atoms with van der Waals surface area (Å²) in [5.41, 5.74) is 4.30. The molecular weight excluding hydrogens is 377 g/mol. The lowest BCUT2D eigenvalue weighted by Crippen LogP contribution is -2.23. The Kier molecular flexibility index (Phi) is 4.77. The van der Waals surface area contributed by atoms with Crippen molar-refractivity contribution in [1.29, 1.82) is 0 Å². The highest BCUT2D eigenvalue weighted by Gasteiger charge is 2.15. The number of rotatable bonds is 3. The first-order chi connectivity index (χ1) is 13.0. The number of hydrogen-bond donors (Lipinski definition) is 0. The number of aryl methyl sites for hydroxylation is 1. The fraction of sp³-hybridized carbons (Fsp3) is 0.0870. The monoisotopic (exact) mass is 393 g/mol. The quantitative estimate of drug-likeness (QED) is 0.398. The van der Waals surface area contributed by atoms with Crippen LogP contribution in [0.2, 0.25) is 10.0 Å². The molecule has 2 nitrogen and oxygen atoms in total. The van der Waals surface area contributed by atoms with Crippen molar-refractivity contribution in [3.63, 3.8) is 0 Å². The number of benzene rings is 3. The molecule has 0 aliphatic heterocycles. The third-order valence-corrected chi connectivity index (χ3v) is 5.31. The Morgan fingerprint density at radius 2 is 1.63 bits per heavy atom. The fourth-order valence-electron chi connectivity index (χ4n) is 3.37. The van der Waals surface area contributed by atoms with Crippen molar-refractivity contribution in [2.75, 3.05) is 0 Å². The SMILES string of the molecule is Cc1cccc2c1cc(-c1ccc(Cl)cc1Cl)c(=O)n2Cc1ccccc1. The number of fused-ring (bicyclic) bond motifs is 1. The molecule has 1 aromatic heterocycles. The Morgan fingerprint density at radius 3 is 2.37 bits per heavy atom. The van der Waals surface area contributed by atoms with Gasteiger partial charge in [-0.05, 0) is 42.3 Å². The van der Waals surface area contributed by atoms with Crippen LogP contribution in [0.4, 0.5) is 0 Å². The van der Waals surface area contributed by atoms with Crippen LogP contribution in [0.1, 0.15) is 11.1 Å². The maximum atomic E-state index is 13.4. The molecule has 0 aliphatic rings. The lowest BCUT2D eigenvalue weighted by Gasteiger charge is -2.15. The zero-order valence-corrected chi connectivity index (χ0v) is 16.3. The predicted molar refractivity (Wildman–Crippen MR) is 114 cm³/mol. The van der Waals surface area contributed by atoms with Gasteiger partial charge in [-0.2, -0.15) is 0 Å². The van der Waals surface area contributed by atoms with Crippen LogP contribution in [0.25, 0.3) is 22.0 Å². The van der Waals surface area contributed by atoms with Crippen molar-refractivity contribution in [3.05, 3.63) is 104 Å². The second-order valence-electron chi connectivity index (χ2n) is 6.57. The van der Waals surface area contributed by atoms with Gasteiger partial charge in [0.15, 0.2) is 0 Å². The Hall–Kier alpha value is -2.55. The molecule has 0 spiro atoms. The third kappa shape index (κ3) is 3.39. The summed E-state index contributed by atoms with van der Waals surface area (Å²) in [6.45, 7) is 2.55. The number of pyridine rings is 1. The van der Waals surface area contributed by atoms with Crippen molar-refractivity contribution >= 4 is 34.1 Å². The van der Waals surface area contributed by atoms with E-state index in [9.17, 15) is 4.79 Å². The van der Waals surface area contributed by atoms with Gasteiger partial charge < -0.3 is 4.57 Å². The van der Waals surface area contributed by atoms with E-state index in [4.69, 9.17) is 23.2 Å². The summed E-state index contributed by atoms with van der Waals surface area (Å²) in [4.78, 5) is 13.4. The summed E-state index contributed by atoms with van der Waals surface area (Å²) >= 11 is 12.4. The van der Waals surface area contributed by atoms with Crippen molar-refractivity contribution < 1.29 is 0 Å². The van der Waals surface area contributed by atoms with Crippen LogP contribution in [-0.4, -0.2) is 4.57 Å². The Bertz CT molecular complexity index is 1200. The molecule has 0 atom stereocenters. The van der Waals surface area contributed by atoms with Gasteiger partial charge in [0.25, 0.3) is 5.56 Å². The summed E-state index contributed by atoms with van der Waals surface area (Å²) < 4.78 is 1.82. The van der Waals surface area contributed by atoms with E-state index in [1.54, 1.807) is 18.2 Å². The smallest absolute Gasteiger partial charge is 0.259 e. The standard InChI is InChI=1S/C23H17Cl2NO/c1-15-6-5-9-22-19(15)13-20(18-11-10-17(24)12-21(18)25)23(27)26(22)14-16-7-3-2-4-8-16/h2-13H,14H2,1H3. The summed E-state index contributed by atoms with van der Waals surface area (Å²) in [6, 6.07) is 23.2. The van der Waals surface area contributed by atoms with Crippen molar-refractivity contribution in [3.8, 4) is 11.1 Å². The van der Waals surface area contributed by atoms with Crippen LogP contribution < -0.4 is 5.56 Å². The van der Waals surface area contributed by atoms with Crippen LogP contribution in [0.5, 0.6) is 0 Å². The first-order valence-electron chi connectivity index (χ1n) is 8.67. The van der Waals surface area contributed by atoms with Crippen LogP contribution in [0.15, 0.2) is 77.6 Å². The third-order valence-electron chi connectivity index (χ3n) is 4.76. The van der Waals surface area contributed by atoms with Gasteiger partial charge in [0.05, 0.1) is 17.1 Å². The van der Waals surface area contributed by atoms with Gasteiger partial charge in [-0.15, -0.1) is 0 Å². The second kappa shape index (κ2) is 7.22. The van der Waals surface area contributed by atoms with Gasteiger partial charge in [0.2, 0.25) is 0 Å². The van der Waals surface area contributed by atoms with Gasteiger partial charge >= 0.3 is 0 Å². The summed E-state index contributed by atoms with van der Waals surface area (Å²) in [5, 5.41) is 2.05. The molecule has 3 aromatic carbocycles. The normalized spacial score (nSPS) is 11.1. The Balaban J connectivity index is 2.02. The molecule has 0 bridgehead atoms. The van der Waals surface area contributed by atoms with Crippen LogP contribution >= 0.6 is 23.2 Å². The number of halogens is 2. The molecule has 1 heterocycles. The van der Waals surface area contributed by atoms with Gasteiger partial charge in [-0.3, -0.25) is 4.79 Å². The van der Waals surface area contributed by atoms with Gasteiger partial charge in [-0.1, -0.05) is 71.7 Å². The van der Waals surface area contributed by atoms with Crippen LogP contribution in [0.3, 0.4) is 0 Å². The van der Waals surface area contributed by atoms with E-state index >= 15 is 0 Å². The lowest BCUT2D eigenvalue weighted by atomic mass is 10.0. The molecule has 4 heteroatoms. The zero-order valence-electron chi connectivity index (χ0n) is 14.7. The van der Waals surface area contributed by atoms with Gasteiger partial charge in [0.1, 0.15) is 0 Å². The largest absolute Gasteiger partial charge is 0.303 e. The molecule has 134 valence electrons. The molecule has 0 N–H and O–H groups in total. The average molecular weight is 394 g/mol. The molecular formula is C23H17Cl2NO. The molecule has 0 radical (unpaired) electrons. The van der Waals surface area contributed by atoms with Gasteiger partial charge in [0, 0.05) is 21.5 Å². The number of hydrogen-bond acceptors (Lipinski definition) is 1. The molecule has 0 unspecified atom stereocenters. The summed E-state index contributed by atoms with van der Waals surface area (Å²) in [6.07, 6.45) is 0. The minimum Gasteiger partial charge on any atom is -0.303 e.